The molecule has 0 heterocycles. The second-order valence-corrected chi connectivity index (χ2v) is 5.08. The lowest BCUT2D eigenvalue weighted by atomic mass is 10.1. The van der Waals surface area contributed by atoms with Gasteiger partial charge >= 0.3 is 18.0 Å². The molecule has 0 fully saturated rings. The lowest BCUT2D eigenvalue weighted by molar-refractivity contribution is -0.147. The highest BCUT2D eigenvalue weighted by atomic mass is 16.6. The molecule has 0 radical (unpaired) electrons. The molecule has 0 aliphatic carbocycles. The average Bonchev–Trinajstić information content (AvgIpc) is 2.55. The van der Waals surface area contributed by atoms with Gasteiger partial charge in [0.1, 0.15) is 18.7 Å². The van der Waals surface area contributed by atoms with Gasteiger partial charge in [0, 0.05) is 13.5 Å². The Kier molecular flexibility index (Phi) is 8.28. The molecule has 8 nitrogen and oxygen atoms in total. The van der Waals surface area contributed by atoms with Gasteiger partial charge in [-0.1, -0.05) is 30.3 Å². The number of hydrogen-bond donors (Lipinski definition) is 3. The van der Waals surface area contributed by atoms with Crippen LogP contribution >= 0.6 is 0 Å². The second kappa shape index (κ2) is 10.2. The van der Waals surface area contributed by atoms with Crippen molar-refractivity contribution in [2.45, 2.75) is 25.4 Å². The molecule has 0 unspecified atom stereocenters. The molecular formula is C16H22N2O6. The lowest BCUT2D eigenvalue weighted by Gasteiger charge is -2.19. The summed E-state index contributed by atoms with van der Waals surface area (Å²) in [5.74, 6) is -1.79. The molecule has 132 valence electrons. The zero-order valence-electron chi connectivity index (χ0n) is 13.7. The first-order valence-electron chi connectivity index (χ1n) is 7.43. The minimum atomic E-state index is -1.17. The van der Waals surface area contributed by atoms with Crippen LogP contribution in [-0.4, -0.2) is 55.5 Å². The number of rotatable bonds is 9. The summed E-state index contributed by atoms with van der Waals surface area (Å²) in [5.41, 5.74) is 0.831. The molecule has 0 saturated carbocycles. The van der Waals surface area contributed by atoms with Crippen molar-refractivity contribution in [2.24, 2.45) is 0 Å². The number of urea groups is 1. The summed E-state index contributed by atoms with van der Waals surface area (Å²) in [7, 11) is 1.48. The van der Waals surface area contributed by atoms with Crippen LogP contribution in [0.15, 0.2) is 30.3 Å². The van der Waals surface area contributed by atoms with Gasteiger partial charge in [-0.3, -0.25) is 4.79 Å². The molecule has 2 atom stereocenters. The standard InChI is InChI=1S/C16H22N2O6/c1-11(14(19)20)17-16(22)18-13(15(21)24-9-8-23-2)10-12-6-4-3-5-7-12/h3-7,11,13H,8-10H2,1-2H3,(H,19,20)(H2,17,18,22)/t11-,13+/m0/s1. The Morgan fingerprint density at radius 1 is 1.12 bits per heavy atom. The van der Waals surface area contributed by atoms with Crippen molar-refractivity contribution >= 4 is 18.0 Å². The third-order valence-corrected chi connectivity index (χ3v) is 3.12. The fraction of sp³-hybridized carbons (Fsp3) is 0.438. The number of benzene rings is 1. The Bertz CT molecular complexity index is 549. The minimum Gasteiger partial charge on any atom is -0.480 e. The number of carbonyl (C=O) groups is 3. The van der Waals surface area contributed by atoms with Crippen LogP contribution < -0.4 is 10.6 Å². The molecule has 0 saturated heterocycles. The number of esters is 1. The molecule has 0 bridgehead atoms. The van der Waals surface area contributed by atoms with Gasteiger partial charge in [-0.2, -0.15) is 0 Å². The van der Waals surface area contributed by atoms with Crippen LogP contribution in [0.25, 0.3) is 0 Å². The quantitative estimate of drug-likeness (QED) is 0.448. The van der Waals surface area contributed by atoms with E-state index in [4.69, 9.17) is 14.6 Å². The van der Waals surface area contributed by atoms with Gasteiger partial charge in [-0.15, -0.1) is 0 Å². The van der Waals surface area contributed by atoms with Gasteiger partial charge in [0.2, 0.25) is 0 Å². The molecule has 0 aliphatic rings. The van der Waals surface area contributed by atoms with E-state index in [1.807, 2.05) is 30.3 Å². The Labute approximate surface area is 140 Å². The van der Waals surface area contributed by atoms with Crippen LogP contribution in [0.2, 0.25) is 0 Å². The number of carboxylic acids is 1. The maximum absolute atomic E-state index is 12.1. The summed E-state index contributed by atoms with van der Waals surface area (Å²) < 4.78 is 9.86. The van der Waals surface area contributed by atoms with E-state index in [-0.39, 0.29) is 19.6 Å². The third-order valence-electron chi connectivity index (χ3n) is 3.12. The molecule has 3 N–H and O–H groups in total. The predicted molar refractivity (Wildman–Crippen MR) is 85.5 cm³/mol. The fourth-order valence-corrected chi connectivity index (χ4v) is 1.83. The molecule has 1 aromatic carbocycles. The lowest BCUT2D eigenvalue weighted by Crippen LogP contribution is -2.51. The van der Waals surface area contributed by atoms with Gasteiger partial charge in [0.25, 0.3) is 0 Å². The normalized spacial score (nSPS) is 12.8. The largest absolute Gasteiger partial charge is 0.480 e. The molecule has 1 rings (SSSR count). The third kappa shape index (κ3) is 7.10. The maximum Gasteiger partial charge on any atom is 0.329 e. The summed E-state index contributed by atoms with van der Waals surface area (Å²) in [4.78, 5) is 34.8. The highest BCUT2D eigenvalue weighted by molar-refractivity contribution is 5.86. The fourth-order valence-electron chi connectivity index (χ4n) is 1.83. The molecule has 24 heavy (non-hydrogen) atoms. The van der Waals surface area contributed by atoms with Gasteiger partial charge < -0.3 is 25.2 Å². The van der Waals surface area contributed by atoms with Crippen LogP contribution in [0.5, 0.6) is 0 Å². The SMILES string of the molecule is COCCOC(=O)[C@@H](Cc1ccccc1)NC(=O)N[C@@H](C)C(=O)O. The second-order valence-electron chi connectivity index (χ2n) is 5.08. The van der Waals surface area contributed by atoms with Crippen LogP contribution in [-0.2, 0) is 25.5 Å². The number of hydrogen-bond acceptors (Lipinski definition) is 5. The molecule has 0 aliphatic heterocycles. The first-order chi connectivity index (χ1) is 11.4. The number of carbonyl (C=O) groups excluding carboxylic acids is 2. The summed E-state index contributed by atoms with van der Waals surface area (Å²) in [5, 5.41) is 13.5. The number of nitrogens with one attached hydrogen (secondary N) is 2. The van der Waals surface area contributed by atoms with E-state index >= 15 is 0 Å². The number of ether oxygens (including phenoxy) is 2. The highest BCUT2D eigenvalue weighted by Crippen LogP contribution is 2.05. The summed E-state index contributed by atoms with van der Waals surface area (Å²) in [6.45, 7) is 1.63. The summed E-state index contributed by atoms with van der Waals surface area (Å²) >= 11 is 0. The Hall–Kier alpha value is -2.61. The van der Waals surface area contributed by atoms with Gasteiger partial charge in [0.15, 0.2) is 0 Å². The van der Waals surface area contributed by atoms with E-state index < -0.39 is 30.1 Å². The van der Waals surface area contributed by atoms with Crippen LogP contribution in [0.1, 0.15) is 12.5 Å². The van der Waals surface area contributed by atoms with Crippen LogP contribution in [0, 0.1) is 0 Å². The van der Waals surface area contributed by atoms with Crippen molar-refractivity contribution in [3.05, 3.63) is 35.9 Å². The molecular weight excluding hydrogens is 316 g/mol. The number of carboxylic acid groups (broad SMARTS) is 1. The van der Waals surface area contributed by atoms with Crippen LogP contribution in [0.4, 0.5) is 4.79 Å². The van der Waals surface area contributed by atoms with E-state index in [1.165, 1.54) is 14.0 Å². The molecule has 1 aromatic rings. The highest BCUT2D eigenvalue weighted by Gasteiger charge is 2.24. The molecule has 2 amide bonds. The van der Waals surface area contributed by atoms with Crippen molar-refractivity contribution in [1.82, 2.24) is 10.6 Å². The number of amides is 2. The van der Waals surface area contributed by atoms with E-state index in [0.717, 1.165) is 5.56 Å². The smallest absolute Gasteiger partial charge is 0.329 e. The first kappa shape index (κ1) is 19.4. The summed E-state index contributed by atoms with van der Waals surface area (Å²) in [6, 6.07) is 6.32. The van der Waals surface area contributed by atoms with Crippen molar-refractivity contribution in [3.63, 3.8) is 0 Å². The predicted octanol–water partition coefficient (Wildman–Crippen LogP) is 0.560. The molecule has 8 heteroatoms. The zero-order chi connectivity index (χ0) is 17.9. The first-order valence-corrected chi connectivity index (χ1v) is 7.43. The number of methoxy groups -OCH3 is 1. The van der Waals surface area contributed by atoms with Crippen molar-refractivity contribution < 1.29 is 29.0 Å². The topological polar surface area (TPSA) is 114 Å². The Morgan fingerprint density at radius 2 is 1.79 bits per heavy atom. The maximum atomic E-state index is 12.1. The summed E-state index contributed by atoms with van der Waals surface area (Å²) in [6.07, 6.45) is 0.224. The molecule has 0 spiro atoms. The van der Waals surface area contributed by atoms with E-state index in [2.05, 4.69) is 10.6 Å². The Balaban J connectivity index is 2.70. The van der Waals surface area contributed by atoms with Crippen molar-refractivity contribution in [3.8, 4) is 0 Å². The van der Waals surface area contributed by atoms with Gasteiger partial charge in [0.05, 0.1) is 6.61 Å². The Morgan fingerprint density at radius 3 is 2.38 bits per heavy atom. The van der Waals surface area contributed by atoms with Crippen LogP contribution in [0.3, 0.4) is 0 Å². The minimum absolute atomic E-state index is 0.0649. The molecule has 0 aromatic heterocycles. The monoisotopic (exact) mass is 338 g/mol. The van der Waals surface area contributed by atoms with Gasteiger partial charge in [-0.05, 0) is 12.5 Å². The van der Waals surface area contributed by atoms with Gasteiger partial charge in [-0.25, -0.2) is 9.59 Å². The van der Waals surface area contributed by atoms with E-state index in [1.54, 1.807) is 0 Å². The van der Waals surface area contributed by atoms with Crippen molar-refractivity contribution in [2.75, 3.05) is 20.3 Å². The van der Waals surface area contributed by atoms with E-state index in [9.17, 15) is 14.4 Å². The average molecular weight is 338 g/mol. The van der Waals surface area contributed by atoms with Crippen molar-refractivity contribution in [1.29, 1.82) is 0 Å². The van der Waals surface area contributed by atoms with E-state index in [0.29, 0.717) is 0 Å². The zero-order valence-corrected chi connectivity index (χ0v) is 13.7. The number of aliphatic carboxylic acids is 1.